The van der Waals surface area contributed by atoms with Gasteiger partial charge in [0.1, 0.15) is 5.69 Å². The molecule has 1 N–H and O–H groups in total. The number of carbonyl (C=O) groups is 1. The van der Waals surface area contributed by atoms with Crippen molar-refractivity contribution in [2.75, 3.05) is 36.4 Å². The van der Waals surface area contributed by atoms with Crippen LogP contribution >= 0.6 is 15.9 Å². The zero-order valence-electron chi connectivity index (χ0n) is 19.7. The third-order valence-corrected chi connectivity index (χ3v) is 6.84. The van der Waals surface area contributed by atoms with E-state index in [0.717, 1.165) is 23.0 Å². The first-order valence-corrected chi connectivity index (χ1v) is 12.6. The molecule has 1 heterocycles. The summed E-state index contributed by atoms with van der Waals surface area (Å²) in [6.45, 7) is 4.59. The van der Waals surface area contributed by atoms with E-state index in [-0.39, 0.29) is 22.6 Å². The minimum absolute atomic E-state index is 0.0236. The summed E-state index contributed by atoms with van der Waals surface area (Å²) in [5.41, 5.74) is 3.45. The quantitative estimate of drug-likeness (QED) is 0.292. The van der Waals surface area contributed by atoms with Gasteiger partial charge in [-0.05, 0) is 61.7 Å². The predicted molar refractivity (Wildman–Crippen MR) is 143 cm³/mol. The topological polar surface area (TPSA) is 78.7 Å². The lowest BCUT2D eigenvalue weighted by molar-refractivity contribution is -0.384. The van der Waals surface area contributed by atoms with Crippen molar-refractivity contribution in [2.24, 2.45) is 0 Å². The summed E-state index contributed by atoms with van der Waals surface area (Å²) in [5, 5.41) is 15.0. The number of benzene rings is 3. The Bertz CT molecular complexity index is 1160. The Kier molecular flexibility index (Phi) is 8.02. The number of aryl methyl sites for hydroxylation is 1. The maximum Gasteiger partial charge on any atom is 0.292 e. The Balaban J connectivity index is 1.40. The molecule has 3 aromatic carbocycles. The monoisotopic (exact) mass is 536 g/mol. The Morgan fingerprint density at radius 3 is 2.37 bits per heavy atom. The molecule has 0 spiro atoms. The molecule has 0 aliphatic carbocycles. The second-order valence-electron chi connectivity index (χ2n) is 8.81. The molecule has 8 heteroatoms. The molecular formula is C27H29BrN4O3. The number of nitro benzene ring substituents is 1. The molecule has 7 nitrogen and oxygen atoms in total. The van der Waals surface area contributed by atoms with Crippen molar-refractivity contribution in [1.82, 2.24) is 4.90 Å². The number of hydrogen-bond acceptors (Lipinski definition) is 5. The molecule has 1 aliphatic heterocycles. The van der Waals surface area contributed by atoms with Crippen LogP contribution in [-0.2, 0) is 6.42 Å². The van der Waals surface area contributed by atoms with Crippen LogP contribution in [0, 0.1) is 10.1 Å². The Hall–Kier alpha value is -3.39. The van der Waals surface area contributed by atoms with Crippen LogP contribution in [0.2, 0.25) is 0 Å². The van der Waals surface area contributed by atoms with E-state index in [4.69, 9.17) is 0 Å². The minimum Gasteiger partial charge on any atom is -0.377 e. The van der Waals surface area contributed by atoms with Crippen LogP contribution in [0.4, 0.5) is 17.1 Å². The second-order valence-corrected chi connectivity index (χ2v) is 9.73. The lowest BCUT2D eigenvalue weighted by Gasteiger charge is -2.36. The normalized spacial score (nSPS) is 14.5. The van der Waals surface area contributed by atoms with Gasteiger partial charge in [-0.1, -0.05) is 46.3 Å². The van der Waals surface area contributed by atoms with Crippen LogP contribution in [0.25, 0.3) is 0 Å². The van der Waals surface area contributed by atoms with Crippen molar-refractivity contribution in [2.45, 2.75) is 25.8 Å². The number of carbonyl (C=O) groups excluding carboxylic acids is 1. The highest BCUT2D eigenvalue weighted by atomic mass is 79.9. The van der Waals surface area contributed by atoms with E-state index in [1.54, 1.807) is 12.1 Å². The van der Waals surface area contributed by atoms with Gasteiger partial charge in [-0.15, -0.1) is 0 Å². The molecule has 35 heavy (non-hydrogen) atoms. The number of nitrogens with one attached hydrogen (secondary N) is 1. The molecule has 0 radical (unpaired) electrons. The first kappa shape index (κ1) is 24.7. The van der Waals surface area contributed by atoms with Crippen molar-refractivity contribution in [3.8, 4) is 0 Å². The van der Waals surface area contributed by atoms with Gasteiger partial charge < -0.3 is 15.1 Å². The van der Waals surface area contributed by atoms with Crippen molar-refractivity contribution >= 4 is 38.9 Å². The third kappa shape index (κ3) is 6.39. The zero-order valence-corrected chi connectivity index (χ0v) is 21.3. The summed E-state index contributed by atoms with van der Waals surface area (Å²) in [6, 6.07) is 22.9. The highest BCUT2D eigenvalue weighted by Gasteiger charge is 2.24. The molecule has 3 aromatic rings. The molecule has 1 saturated heterocycles. The van der Waals surface area contributed by atoms with Gasteiger partial charge in [0, 0.05) is 54.0 Å². The molecule has 0 saturated carbocycles. The SMILES string of the molecule is CC(CCc1ccccc1)Nc1cc(N2CCN(C(=O)c3ccc(Br)cc3)CC2)ccc1[N+](=O)[O-]. The summed E-state index contributed by atoms with van der Waals surface area (Å²) in [5.74, 6) is 0.0236. The first-order chi connectivity index (χ1) is 16.9. The Morgan fingerprint density at radius 2 is 1.71 bits per heavy atom. The van der Waals surface area contributed by atoms with Crippen LogP contribution in [0.15, 0.2) is 77.3 Å². The molecule has 1 aliphatic rings. The number of halogens is 1. The number of anilines is 2. The smallest absolute Gasteiger partial charge is 0.292 e. The maximum absolute atomic E-state index is 12.8. The van der Waals surface area contributed by atoms with Gasteiger partial charge in [0.15, 0.2) is 0 Å². The predicted octanol–water partition coefficient (Wildman–Crippen LogP) is 5.75. The van der Waals surface area contributed by atoms with Crippen LogP contribution < -0.4 is 10.2 Å². The molecule has 182 valence electrons. The average molecular weight is 537 g/mol. The number of nitro groups is 1. The molecule has 1 atom stereocenters. The molecular weight excluding hydrogens is 508 g/mol. The van der Waals surface area contributed by atoms with E-state index in [1.807, 2.05) is 60.4 Å². The van der Waals surface area contributed by atoms with E-state index in [0.29, 0.717) is 37.4 Å². The van der Waals surface area contributed by atoms with Gasteiger partial charge in [-0.3, -0.25) is 14.9 Å². The maximum atomic E-state index is 12.8. The summed E-state index contributed by atoms with van der Waals surface area (Å²) in [7, 11) is 0. The zero-order chi connectivity index (χ0) is 24.8. The first-order valence-electron chi connectivity index (χ1n) is 11.8. The minimum atomic E-state index is -0.342. The summed E-state index contributed by atoms with van der Waals surface area (Å²) in [6.07, 6.45) is 1.76. The van der Waals surface area contributed by atoms with Crippen LogP contribution in [0.3, 0.4) is 0 Å². The van der Waals surface area contributed by atoms with Crippen LogP contribution in [0.5, 0.6) is 0 Å². The summed E-state index contributed by atoms with van der Waals surface area (Å²) >= 11 is 3.40. The number of hydrogen-bond donors (Lipinski definition) is 1. The molecule has 0 bridgehead atoms. The summed E-state index contributed by atoms with van der Waals surface area (Å²) in [4.78, 5) is 28.2. The fraction of sp³-hybridized carbons (Fsp3) is 0.296. The molecule has 4 rings (SSSR count). The summed E-state index contributed by atoms with van der Waals surface area (Å²) < 4.78 is 0.941. The highest BCUT2D eigenvalue weighted by molar-refractivity contribution is 9.10. The third-order valence-electron chi connectivity index (χ3n) is 6.31. The Labute approximate surface area is 214 Å². The van der Waals surface area contributed by atoms with E-state index >= 15 is 0 Å². The lowest BCUT2D eigenvalue weighted by Crippen LogP contribution is -2.48. The van der Waals surface area contributed by atoms with Crippen LogP contribution in [-0.4, -0.2) is 48.0 Å². The van der Waals surface area contributed by atoms with Gasteiger partial charge in [0.25, 0.3) is 11.6 Å². The van der Waals surface area contributed by atoms with Crippen LogP contribution in [0.1, 0.15) is 29.3 Å². The van der Waals surface area contributed by atoms with Crippen molar-refractivity contribution in [3.63, 3.8) is 0 Å². The second kappa shape index (κ2) is 11.4. The van der Waals surface area contributed by atoms with E-state index in [9.17, 15) is 14.9 Å². The fourth-order valence-electron chi connectivity index (χ4n) is 4.30. The fourth-order valence-corrected chi connectivity index (χ4v) is 4.57. The number of nitrogens with zero attached hydrogens (tertiary/aromatic N) is 3. The van der Waals surface area contributed by atoms with Crippen molar-refractivity contribution in [3.05, 3.63) is 98.5 Å². The van der Waals surface area contributed by atoms with Gasteiger partial charge in [-0.2, -0.15) is 0 Å². The molecule has 1 amide bonds. The largest absolute Gasteiger partial charge is 0.377 e. The molecule has 1 fully saturated rings. The molecule has 0 aromatic heterocycles. The van der Waals surface area contributed by atoms with Gasteiger partial charge in [0.05, 0.1) is 4.92 Å². The van der Waals surface area contributed by atoms with E-state index < -0.39 is 0 Å². The highest BCUT2D eigenvalue weighted by Crippen LogP contribution is 2.31. The van der Waals surface area contributed by atoms with Gasteiger partial charge >= 0.3 is 0 Å². The van der Waals surface area contributed by atoms with Gasteiger partial charge in [-0.25, -0.2) is 0 Å². The Morgan fingerprint density at radius 1 is 1.03 bits per heavy atom. The number of amides is 1. The van der Waals surface area contributed by atoms with E-state index in [1.165, 1.54) is 5.56 Å². The standard InChI is InChI=1S/C27H29BrN4O3/c1-20(7-8-21-5-3-2-4-6-21)29-25-19-24(13-14-26(25)32(34)35)30-15-17-31(18-16-30)27(33)22-9-11-23(28)12-10-22/h2-6,9-14,19-20,29H,7-8,15-18H2,1H3. The van der Waals surface area contributed by atoms with Crippen molar-refractivity contribution in [1.29, 1.82) is 0 Å². The molecule has 1 unspecified atom stereocenters. The van der Waals surface area contributed by atoms with Crippen molar-refractivity contribution < 1.29 is 9.72 Å². The number of piperazine rings is 1. The number of rotatable bonds is 8. The average Bonchev–Trinajstić information content (AvgIpc) is 2.88. The van der Waals surface area contributed by atoms with Gasteiger partial charge in [0.2, 0.25) is 0 Å². The van der Waals surface area contributed by atoms with E-state index in [2.05, 4.69) is 38.3 Å². The lowest BCUT2D eigenvalue weighted by atomic mass is 10.1.